The van der Waals surface area contributed by atoms with Crippen molar-refractivity contribution in [2.75, 3.05) is 0 Å². The van der Waals surface area contributed by atoms with Gasteiger partial charge in [-0.25, -0.2) is 0 Å². The quantitative estimate of drug-likeness (QED) is 0.801. The fourth-order valence-corrected chi connectivity index (χ4v) is 1.76. The Balaban J connectivity index is 2.63. The van der Waals surface area contributed by atoms with Crippen molar-refractivity contribution in [1.82, 2.24) is 4.98 Å². The van der Waals surface area contributed by atoms with Gasteiger partial charge in [0.15, 0.2) is 5.78 Å². The van der Waals surface area contributed by atoms with Crippen LogP contribution < -0.4 is 0 Å². The van der Waals surface area contributed by atoms with Crippen molar-refractivity contribution in [1.29, 1.82) is 0 Å². The molecule has 1 aromatic carbocycles. The zero-order chi connectivity index (χ0) is 11.5. The van der Waals surface area contributed by atoms with Crippen LogP contribution in [0.15, 0.2) is 30.5 Å². The Morgan fingerprint density at radius 3 is 2.94 bits per heavy atom. The number of aromatic hydroxyl groups is 1. The molecule has 0 bridgehead atoms. The van der Waals surface area contributed by atoms with Gasteiger partial charge in [-0.15, -0.1) is 0 Å². The lowest BCUT2D eigenvalue weighted by Gasteiger charge is -2.05. The van der Waals surface area contributed by atoms with E-state index in [9.17, 15) is 9.90 Å². The second-order valence-corrected chi connectivity index (χ2v) is 3.70. The van der Waals surface area contributed by atoms with Gasteiger partial charge in [-0.1, -0.05) is 13.0 Å². The summed E-state index contributed by atoms with van der Waals surface area (Å²) in [6, 6.07) is 6.77. The third-order valence-electron chi connectivity index (χ3n) is 2.53. The Labute approximate surface area is 93.7 Å². The Kier molecular flexibility index (Phi) is 2.86. The van der Waals surface area contributed by atoms with Gasteiger partial charge in [-0.05, 0) is 24.6 Å². The van der Waals surface area contributed by atoms with Gasteiger partial charge in [0.05, 0.1) is 0 Å². The van der Waals surface area contributed by atoms with Crippen molar-refractivity contribution in [2.24, 2.45) is 0 Å². The molecule has 0 amide bonds. The van der Waals surface area contributed by atoms with Gasteiger partial charge in [0.25, 0.3) is 0 Å². The van der Waals surface area contributed by atoms with Gasteiger partial charge in [0.1, 0.15) is 11.3 Å². The first-order valence-corrected chi connectivity index (χ1v) is 5.34. The van der Waals surface area contributed by atoms with Crippen LogP contribution in [0, 0.1) is 0 Å². The Bertz CT molecular complexity index is 534. The van der Waals surface area contributed by atoms with Gasteiger partial charge in [-0.2, -0.15) is 0 Å². The van der Waals surface area contributed by atoms with Gasteiger partial charge < -0.3 is 5.11 Å². The summed E-state index contributed by atoms with van der Waals surface area (Å²) in [5.41, 5.74) is 1.13. The second kappa shape index (κ2) is 4.31. The molecule has 1 aromatic heterocycles. The minimum atomic E-state index is 0.0977. The van der Waals surface area contributed by atoms with E-state index in [1.54, 1.807) is 18.3 Å². The molecule has 0 radical (unpaired) electrons. The number of rotatable bonds is 3. The molecule has 3 heteroatoms. The van der Waals surface area contributed by atoms with E-state index in [1.807, 2.05) is 13.0 Å². The molecule has 0 saturated carbocycles. The predicted octanol–water partition coefficient (Wildman–Crippen LogP) is 2.92. The lowest BCUT2D eigenvalue weighted by Crippen LogP contribution is -1.99. The van der Waals surface area contributed by atoms with E-state index in [1.165, 1.54) is 6.07 Å². The first-order valence-electron chi connectivity index (χ1n) is 5.34. The smallest absolute Gasteiger partial charge is 0.163 e. The number of hydrogen-bond donors (Lipinski definition) is 1. The summed E-state index contributed by atoms with van der Waals surface area (Å²) in [7, 11) is 0. The van der Waals surface area contributed by atoms with E-state index in [0.29, 0.717) is 17.5 Å². The van der Waals surface area contributed by atoms with E-state index >= 15 is 0 Å². The summed E-state index contributed by atoms with van der Waals surface area (Å²) in [6.07, 6.45) is 2.95. The van der Waals surface area contributed by atoms with Crippen LogP contribution >= 0.6 is 0 Å². The monoisotopic (exact) mass is 215 g/mol. The molecule has 2 aromatic rings. The molecule has 1 heterocycles. The minimum Gasteiger partial charge on any atom is -0.506 e. The number of phenolic OH excluding ortho intramolecular Hbond substituents is 1. The highest BCUT2D eigenvalue weighted by Gasteiger charge is 2.11. The van der Waals surface area contributed by atoms with Gasteiger partial charge >= 0.3 is 0 Å². The van der Waals surface area contributed by atoms with E-state index in [2.05, 4.69) is 4.98 Å². The van der Waals surface area contributed by atoms with E-state index in [0.717, 1.165) is 11.8 Å². The van der Waals surface area contributed by atoms with E-state index in [-0.39, 0.29) is 11.5 Å². The number of aromatic nitrogens is 1. The number of hydrogen-bond acceptors (Lipinski definition) is 3. The number of nitrogens with zero attached hydrogens (tertiary/aromatic N) is 1. The summed E-state index contributed by atoms with van der Waals surface area (Å²) < 4.78 is 0. The second-order valence-electron chi connectivity index (χ2n) is 3.70. The molecule has 2 rings (SSSR count). The summed E-state index contributed by atoms with van der Waals surface area (Å²) in [4.78, 5) is 15.9. The zero-order valence-corrected chi connectivity index (χ0v) is 9.10. The summed E-state index contributed by atoms with van der Waals surface area (Å²) >= 11 is 0. The van der Waals surface area contributed by atoms with E-state index < -0.39 is 0 Å². The highest BCUT2D eigenvalue weighted by Crippen LogP contribution is 2.26. The highest BCUT2D eigenvalue weighted by atomic mass is 16.3. The van der Waals surface area contributed by atoms with Crippen molar-refractivity contribution in [3.8, 4) is 5.75 Å². The summed E-state index contributed by atoms with van der Waals surface area (Å²) in [6.45, 7) is 1.97. The Morgan fingerprint density at radius 2 is 2.19 bits per heavy atom. The van der Waals surface area contributed by atoms with Crippen molar-refractivity contribution in [2.45, 2.75) is 19.8 Å². The molecule has 0 saturated heterocycles. The van der Waals surface area contributed by atoms with Crippen LogP contribution in [0.25, 0.3) is 10.9 Å². The van der Waals surface area contributed by atoms with Crippen molar-refractivity contribution in [3.63, 3.8) is 0 Å². The molecular weight excluding hydrogens is 202 g/mol. The van der Waals surface area contributed by atoms with Crippen molar-refractivity contribution in [3.05, 3.63) is 36.0 Å². The Morgan fingerprint density at radius 1 is 1.38 bits per heavy atom. The third kappa shape index (κ3) is 1.76. The molecule has 0 fully saturated rings. The number of carbonyl (C=O) groups excluding carboxylic acids is 1. The van der Waals surface area contributed by atoms with Crippen LogP contribution in [-0.2, 0) is 0 Å². The van der Waals surface area contributed by atoms with Crippen LogP contribution in [-0.4, -0.2) is 15.9 Å². The molecule has 0 aliphatic rings. The lowest BCUT2D eigenvalue weighted by atomic mass is 10.0. The maximum absolute atomic E-state index is 11.9. The van der Waals surface area contributed by atoms with Crippen LogP contribution in [0.3, 0.4) is 0 Å². The SMILES string of the molecule is CCCC(=O)c1ccc(O)c2ncccc12. The summed E-state index contributed by atoms with van der Waals surface area (Å²) in [5.74, 6) is 0.212. The van der Waals surface area contributed by atoms with Gasteiger partial charge in [-0.3, -0.25) is 9.78 Å². The molecule has 82 valence electrons. The minimum absolute atomic E-state index is 0.0977. The van der Waals surface area contributed by atoms with Gasteiger partial charge in [0.2, 0.25) is 0 Å². The molecule has 1 N–H and O–H groups in total. The molecule has 16 heavy (non-hydrogen) atoms. The van der Waals surface area contributed by atoms with Crippen LogP contribution in [0.4, 0.5) is 0 Å². The molecule has 0 unspecified atom stereocenters. The largest absolute Gasteiger partial charge is 0.506 e. The molecular formula is C13H13NO2. The normalized spacial score (nSPS) is 10.6. The maximum atomic E-state index is 11.9. The summed E-state index contributed by atoms with van der Waals surface area (Å²) in [5, 5.41) is 10.4. The zero-order valence-electron chi connectivity index (χ0n) is 9.10. The molecule has 0 aliphatic carbocycles. The van der Waals surface area contributed by atoms with Crippen LogP contribution in [0.1, 0.15) is 30.1 Å². The average molecular weight is 215 g/mol. The fourth-order valence-electron chi connectivity index (χ4n) is 1.76. The predicted molar refractivity (Wildman–Crippen MR) is 62.6 cm³/mol. The standard InChI is InChI=1S/C13H13NO2/c1-2-4-11(15)9-6-7-12(16)13-10(9)5-3-8-14-13/h3,5-8,16H,2,4H2,1H3. The van der Waals surface area contributed by atoms with E-state index in [4.69, 9.17) is 0 Å². The number of phenols is 1. The fraction of sp³-hybridized carbons (Fsp3) is 0.231. The number of fused-ring (bicyclic) bond motifs is 1. The third-order valence-corrected chi connectivity index (χ3v) is 2.53. The molecule has 3 nitrogen and oxygen atoms in total. The molecule has 0 atom stereocenters. The number of pyridine rings is 1. The van der Waals surface area contributed by atoms with Crippen LogP contribution in [0.2, 0.25) is 0 Å². The van der Waals surface area contributed by atoms with Crippen molar-refractivity contribution >= 4 is 16.7 Å². The topological polar surface area (TPSA) is 50.2 Å². The first-order chi connectivity index (χ1) is 7.74. The van der Waals surface area contributed by atoms with Crippen LogP contribution in [0.5, 0.6) is 5.75 Å². The number of Topliss-reactive ketones (excluding diaryl/α,β-unsaturated/α-hetero) is 1. The van der Waals surface area contributed by atoms with Crippen molar-refractivity contribution < 1.29 is 9.90 Å². The average Bonchev–Trinajstić information content (AvgIpc) is 2.30. The number of carbonyl (C=O) groups is 1. The van der Waals surface area contributed by atoms with Gasteiger partial charge in [0, 0.05) is 23.6 Å². The molecule has 0 aliphatic heterocycles. The molecule has 0 spiro atoms. The highest BCUT2D eigenvalue weighted by molar-refractivity contribution is 6.08. The lowest BCUT2D eigenvalue weighted by molar-refractivity contribution is 0.0983. The Hall–Kier alpha value is -1.90. The maximum Gasteiger partial charge on any atom is 0.163 e. The first kappa shape index (κ1) is 10.6. The number of benzene rings is 1. The number of ketones is 1.